The molecular formula is C60H54Br2N10O8. The lowest BCUT2D eigenvalue weighted by Gasteiger charge is -2.36. The molecule has 7 aromatic rings. The molecule has 0 spiro atoms. The molecule has 0 saturated heterocycles. The van der Waals surface area contributed by atoms with Gasteiger partial charge in [-0.3, -0.25) is 28.8 Å². The van der Waals surface area contributed by atoms with Gasteiger partial charge in [-0.05, 0) is 147 Å². The highest BCUT2D eigenvalue weighted by molar-refractivity contribution is 9.10. The lowest BCUT2D eigenvalue weighted by molar-refractivity contribution is -0.127. The summed E-state index contributed by atoms with van der Waals surface area (Å²) in [5.41, 5.74) is 2.42. The van der Waals surface area contributed by atoms with Gasteiger partial charge < -0.3 is 51.2 Å². The fraction of sp³-hybridized carbons (Fsp3) is 0.233. The van der Waals surface area contributed by atoms with E-state index >= 15 is 9.59 Å². The second kappa shape index (κ2) is 23.7. The monoisotopic (exact) mass is 1200 g/mol. The molecule has 6 atom stereocenters. The zero-order valence-electron chi connectivity index (χ0n) is 44.2. The van der Waals surface area contributed by atoms with Crippen molar-refractivity contribution in [1.29, 1.82) is 10.5 Å². The molecular weight excluding hydrogens is 1150 g/mol. The van der Waals surface area contributed by atoms with Gasteiger partial charge in [0.1, 0.15) is 23.6 Å². The molecule has 0 fully saturated rings. The van der Waals surface area contributed by atoms with Crippen molar-refractivity contribution in [3.63, 3.8) is 0 Å². The molecule has 9 rings (SSSR count). The van der Waals surface area contributed by atoms with Crippen molar-refractivity contribution in [3.8, 4) is 23.6 Å². The summed E-state index contributed by atoms with van der Waals surface area (Å²) < 4.78 is 13.5. The van der Waals surface area contributed by atoms with Crippen LogP contribution in [0.2, 0.25) is 0 Å². The lowest BCUT2D eigenvalue weighted by atomic mass is 9.91. The van der Waals surface area contributed by atoms with Gasteiger partial charge in [0.2, 0.25) is 23.6 Å². The maximum absolute atomic E-state index is 15.8. The minimum Gasteiger partial charge on any atom is -0.496 e. The normalized spacial score (nSPS) is 17.5. The average Bonchev–Trinajstić information content (AvgIpc) is 3.68. The van der Waals surface area contributed by atoms with Crippen molar-refractivity contribution in [2.24, 2.45) is 0 Å². The van der Waals surface area contributed by atoms with E-state index in [1.807, 2.05) is 48.5 Å². The molecule has 6 N–H and O–H groups in total. The Balaban J connectivity index is 1.20. The third-order valence-electron chi connectivity index (χ3n) is 14.7. The molecule has 406 valence electrons. The number of likely N-dealkylation sites (N-methyl/N-ethyl adjacent to an activating group) is 2. The predicted molar refractivity (Wildman–Crippen MR) is 312 cm³/mol. The Bertz CT molecular complexity index is 3510. The number of nitrogens with one attached hydrogen (secondary N) is 6. The molecule has 7 aromatic carbocycles. The Morgan fingerprint density at radius 2 is 0.963 bits per heavy atom. The number of nitrogens with zero attached hydrogens (tertiary/aromatic N) is 4. The number of carbonyl (C=O) groups excluding carboxylic acids is 6. The van der Waals surface area contributed by atoms with Gasteiger partial charge >= 0.3 is 0 Å². The molecule has 18 nitrogen and oxygen atoms in total. The summed E-state index contributed by atoms with van der Waals surface area (Å²) in [6.07, 6.45) is -0.104. The zero-order chi connectivity index (χ0) is 57.1. The molecule has 0 radical (unpaired) electrons. The van der Waals surface area contributed by atoms with E-state index in [1.54, 1.807) is 40.1 Å². The van der Waals surface area contributed by atoms with E-state index in [1.165, 1.54) is 84.7 Å². The number of ether oxygens (including phenoxy) is 2. The van der Waals surface area contributed by atoms with E-state index in [0.717, 1.165) is 30.5 Å². The van der Waals surface area contributed by atoms with Crippen LogP contribution in [0.25, 0.3) is 21.5 Å². The van der Waals surface area contributed by atoms with Crippen LogP contribution in [-0.4, -0.2) is 100 Å². The van der Waals surface area contributed by atoms with Crippen LogP contribution in [0, 0.1) is 22.7 Å². The van der Waals surface area contributed by atoms with E-state index in [9.17, 15) is 29.7 Å². The maximum atomic E-state index is 15.8. The number of hydrogen-bond acceptors (Lipinski definition) is 12. The second-order valence-electron chi connectivity index (χ2n) is 19.4. The Kier molecular flexibility index (Phi) is 16.6. The van der Waals surface area contributed by atoms with Gasteiger partial charge in [0.25, 0.3) is 11.8 Å². The molecule has 2 unspecified atom stereocenters. The van der Waals surface area contributed by atoms with Crippen LogP contribution in [0.5, 0.6) is 11.5 Å². The van der Waals surface area contributed by atoms with Crippen molar-refractivity contribution in [2.45, 2.75) is 62.9 Å². The number of nitriles is 2. The Labute approximate surface area is 478 Å². The Morgan fingerprint density at radius 1 is 0.575 bits per heavy atom. The zero-order valence-corrected chi connectivity index (χ0v) is 47.4. The number of methoxy groups -OCH3 is 2. The number of anilines is 4. The Hall–Kier alpha value is -8.66. The molecule has 20 heteroatoms. The van der Waals surface area contributed by atoms with Crippen LogP contribution in [-0.2, 0) is 32.0 Å². The standard InChI is InChI=1S/C60H54Br2N10O8/c1-31(65-3)55(73)69-53-49(27-43-41-17-15-39(61)25-37(41)13-21-51(43)79-5)71(47-23-33(29-63)7-19-45(47)67-57(53)75)59(77)35-9-11-36(12-10-35)60(78)72-48-24-34(30-64)8-20-46(48)68-58(76)54(70-56(74)32(2)66-4)50(72)28-44-42-18-16-40(62)26-38(42)14-22-52(44)80-6/h7-26,31-32,49-50,53-54,65-66H,27-28H2,1-6H3,(H,67,75)(H,68,76)(H,69,73)(H,70,74)/t31-,32-,49?,50?,53-,54-/m0/s1. The number of amides is 6. The topological polar surface area (TPSA) is 247 Å². The number of carbonyl (C=O) groups is 6. The van der Waals surface area contributed by atoms with Crippen LogP contribution in [0.3, 0.4) is 0 Å². The number of halogens is 2. The van der Waals surface area contributed by atoms with E-state index in [0.29, 0.717) is 22.6 Å². The average molecular weight is 1200 g/mol. The SMILES string of the molecule is CN[C@@H](C)C(=O)N[C@@H]1C(=O)Nc2ccc(C#N)cc2N(C(=O)c2ccc(C(=O)N3c4cc(C#N)ccc4NC(=O)[C@@H](NC(=O)[C@H](C)NC)C3Cc3c(OC)ccc4cc(Br)ccc34)cc2)C1Cc1c(OC)ccc2cc(Br)ccc12. The number of rotatable bonds is 14. The predicted octanol–water partition coefficient (Wildman–Crippen LogP) is 7.88. The van der Waals surface area contributed by atoms with E-state index < -0.39 is 71.7 Å². The highest BCUT2D eigenvalue weighted by Gasteiger charge is 2.45. The summed E-state index contributed by atoms with van der Waals surface area (Å²) in [7, 11) is 6.24. The summed E-state index contributed by atoms with van der Waals surface area (Å²) in [5.74, 6) is -2.71. The van der Waals surface area contributed by atoms with Crippen LogP contribution in [0.1, 0.15) is 56.8 Å². The first-order valence-corrected chi connectivity index (χ1v) is 27.0. The number of hydrogen-bond donors (Lipinski definition) is 6. The van der Waals surface area contributed by atoms with E-state index in [2.05, 4.69) is 75.9 Å². The summed E-state index contributed by atoms with van der Waals surface area (Å²) in [6.45, 7) is 3.27. The van der Waals surface area contributed by atoms with Crippen molar-refractivity contribution >= 4 is 112 Å². The third kappa shape index (κ3) is 11.0. The van der Waals surface area contributed by atoms with Crippen LogP contribution >= 0.6 is 31.9 Å². The van der Waals surface area contributed by atoms with Gasteiger partial charge in [0, 0.05) is 44.0 Å². The first-order valence-electron chi connectivity index (χ1n) is 25.4. The van der Waals surface area contributed by atoms with Gasteiger partial charge in [0.15, 0.2) is 0 Å². The highest BCUT2D eigenvalue weighted by atomic mass is 79.9. The van der Waals surface area contributed by atoms with Crippen molar-refractivity contribution < 1.29 is 38.2 Å². The van der Waals surface area contributed by atoms with Gasteiger partial charge in [-0.2, -0.15) is 10.5 Å². The maximum Gasteiger partial charge on any atom is 0.258 e. The Morgan fingerprint density at radius 3 is 1.31 bits per heavy atom. The van der Waals surface area contributed by atoms with Crippen molar-refractivity contribution in [1.82, 2.24) is 21.3 Å². The molecule has 2 aliphatic rings. The first-order chi connectivity index (χ1) is 38.5. The summed E-state index contributed by atoms with van der Waals surface area (Å²) >= 11 is 7.13. The fourth-order valence-corrected chi connectivity index (χ4v) is 11.0. The quantitative estimate of drug-likeness (QED) is 0.0609. The van der Waals surface area contributed by atoms with Crippen LogP contribution in [0.4, 0.5) is 22.7 Å². The summed E-state index contributed by atoms with van der Waals surface area (Å²) in [6, 6.07) is 31.2. The molecule has 0 aliphatic carbocycles. The van der Waals surface area contributed by atoms with Gasteiger partial charge in [-0.25, -0.2) is 0 Å². The van der Waals surface area contributed by atoms with E-state index in [-0.39, 0.29) is 57.8 Å². The largest absolute Gasteiger partial charge is 0.496 e. The lowest BCUT2D eigenvalue weighted by Crippen LogP contribution is -2.60. The van der Waals surface area contributed by atoms with Crippen LogP contribution in [0.15, 0.2) is 130 Å². The minimum absolute atomic E-state index is 0.0472. The van der Waals surface area contributed by atoms with Gasteiger partial charge in [-0.1, -0.05) is 56.1 Å². The number of fused-ring (bicyclic) bond motifs is 4. The van der Waals surface area contributed by atoms with E-state index in [4.69, 9.17) is 9.47 Å². The first kappa shape index (κ1) is 56.1. The molecule has 0 saturated carbocycles. The van der Waals surface area contributed by atoms with Crippen LogP contribution < -0.4 is 51.2 Å². The molecule has 2 heterocycles. The van der Waals surface area contributed by atoms with Crippen molar-refractivity contribution in [3.05, 3.63) is 164 Å². The van der Waals surface area contributed by atoms with Gasteiger partial charge in [-0.15, -0.1) is 0 Å². The molecule has 2 aliphatic heterocycles. The number of benzene rings is 7. The highest BCUT2D eigenvalue weighted by Crippen LogP contribution is 2.41. The summed E-state index contributed by atoms with van der Waals surface area (Å²) in [5, 5.41) is 41.1. The molecule has 0 bridgehead atoms. The molecule has 0 aromatic heterocycles. The minimum atomic E-state index is -1.39. The van der Waals surface area contributed by atoms with Crippen molar-refractivity contribution in [2.75, 3.05) is 48.7 Å². The third-order valence-corrected chi connectivity index (χ3v) is 15.7. The second-order valence-corrected chi connectivity index (χ2v) is 21.2. The smallest absolute Gasteiger partial charge is 0.258 e. The molecule has 80 heavy (non-hydrogen) atoms. The summed E-state index contributed by atoms with van der Waals surface area (Å²) in [4.78, 5) is 91.5. The fourth-order valence-electron chi connectivity index (χ4n) is 10.3. The molecule has 6 amide bonds. The van der Waals surface area contributed by atoms with Gasteiger partial charge in [0.05, 0.1) is 84.4 Å².